The summed E-state index contributed by atoms with van der Waals surface area (Å²) in [5.74, 6) is 1.93. The van der Waals surface area contributed by atoms with Gasteiger partial charge < -0.3 is 9.80 Å². The summed E-state index contributed by atoms with van der Waals surface area (Å²) in [6.45, 7) is 4.64. The van der Waals surface area contributed by atoms with Crippen LogP contribution in [0.5, 0.6) is 0 Å². The van der Waals surface area contributed by atoms with Crippen LogP contribution in [0.1, 0.15) is 25.7 Å². The van der Waals surface area contributed by atoms with Gasteiger partial charge in [0, 0.05) is 24.6 Å². The van der Waals surface area contributed by atoms with Crippen molar-refractivity contribution in [2.45, 2.75) is 25.7 Å². The second kappa shape index (κ2) is 12.1. The smallest absolute Gasteiger partial charge is 0.00668 e. The van der Waals surface area contributed by atoms with Gasteiger partial charge in [0.25, 0.3) is 0 Å². The van der Waals surface area contributed by atoms with Gasteiger partial charge >= 0.3 is 0 Å². The molecule has 0 rings (SSSR count). The van der Waals surface area contributed by atoms with E-state index >= 15 is 0 Å². The molecule has 0 aliphatic carbocycles. The summed E-state index contributed by atoms with van der Waals surface area (Å²) < 4.78 is 0. The van der Waals surface area contributed by atoms with Crippen molar-refractivity contribution in [2.75, 3.05) is 51.8 Å². The van der Waals surface area contributed by atoms with Crippen LogP contribution < -0.4 is 0 Å². The van der Waals surface area contributed by atoms with Gasteiger partial charge in [-0.15, -0.1) is 0 Å². The first-order valence-electron chi connectivity index (χ1n) is 6.29. The summed E-state index contributed by atoms with van der Waals surface area (Å²) in [6, 6.07) is 0. The van der Waals surface area contributed by atoms with Gasteiger partial charge in [-0.1, -0.05) is 12.8 Å². The summed E-state index contributed by atoms with van der Waals surface area (Å²) in [5.41, 5.74) is 0. The molecule has 0 fully saturated rings. The van der Waals surface area contributed by atoms with Crippen LogP contribution in [-0.2, 0) is 0 Å². The number of nitrogens with zero attached hydrogens (tertiary/aromatic N) is 2. The highest BCUT2D eigenvalue weighted by atomic mass is 32.1. The maximum atomic E-state index is 4.23. The maximum absolute atomic E-state index is 4.23. The van der Waals surface area contributed by atoms with Crippen LogP contribution in [-0.4, -0.2) is 61.6 Å². The van der Waals surface area contributed by atoms with E-state index in [-0.39, 0.29) is 0 Å². The summed E-state index contributed by atoms with van der Waals surface area (Å²) in [5, 5.41) is 0. The summed E-state index contributed by atoms with van der Waals surface area (Å²) in [7, 11) is 4.35. The third-order valence-electron chi connectivity index (χ3n) is 2.79. The van der Waals surface area contributed by atoms with Crippen molar-refractivity contribution in [1.82, 2.24) is 9.80 Å². The van der Waals surface area contributed by atoms with Gasteiger partial charge in [0.15, 0.2) is 0 Å². The predicted molar refractivity (Wildman–Crippen MR) is 81.2 cm³/mol. The van der Waals surface area contributed by atoms with Gasteiger partial charge in [0.2, 0.25) is 0 Å². The summed E-state index contributed by atoms with van der Waals surface area (Å²) in [6.07, 6.45) is 5.35. The number of hydrogen-bond donors (Lipinski definition) is 2. The van der Waals surface area contributed by atoms with Crippen molar-refractivity contribution in [3.05, 3.63) is 0 Å². The Labute approximate surface area is 113 Å². The molecule has 0 aromatic carbocycles. The molecule has 0 spiro atoms. The molecule has 2 nitrogen and oxygen atoms in total. The zero-order valence-electron chi connectivity index (χ0n) is 10.9. The zero-order valence-corrected chi connectivity index (χ0v) is 12.6. The SMILES string of the molecule is CN(CCS)CCCCCCN(C)CCS. The van der Waals surface area contributed by atoms with Crippen molar-refractivity contribution >= 4 is 25.3 Å². The van der Waals surface area contributed by atoms with Crippen LogP contribution in [0.25, 0.3) is 0 Å². The highest BCUT2D eigenvalue weighted by Gasteiger charge is 1.98. The van der Waals surface area contributed by atoms with E-state index in [1.807, 2.05) is 0 Å². The minimum atomic E-state index is 0.963. The average Bonchev–Trinajstić information content (AvgIpc) is 2.24. The Morgan fingerprint density at radius 3 is 1.31 bits per heavy atom. The molecular weight excluding hydrogens is 236 g/mol. The van der Waals surface area contributed by atoms with Gasteiger partial charge in [-0.2, -0.15) is 25.3 Å². The third kappa shape index (κ3) is 11.1. The van der Waals surface area contributed by atoms with Gasteiger partial charge in [-0.3, -0.25) is 0 Å². The quantitative estimate of drug-likeness (QED) is 0.437. The van der Waals surface area contributed by atoms with Crippen molar-refractivity contribution in [3.63, 3.8) is 0 Å². The lowest BCUT2D eigenvalue weighted by Gasteiger charge is -2.16. The fourth-order valence-corrected chi connectivity index (χ4v) is 2.36. The fourth-order valence-electron chi connectivity index (χ4n) is 1.68. The van der Waals surface area contributed by atoms with E-state index in [0.29, 0.717) is 0 Å². The largest absolute Gasteiger partial charge is 0.306 e. The summed E-state index contributed by atoms with van der Waals surface area (Å²) in [4.78, 5) is 4.72. The first kappa shape index (κ1) is 16.6. The Kier molecular flexibility index (Phi) is 12.6. The van der Waals surface area contributed by atoms with Gasteiger partial charge in [0.05, 0.1) is 0 Å². The molecule has 4 heteroatoms. The second-order valence-corrected chi connectivity index (χ2v) is 5.36. The molecule has 0 amide bonds. The van der Waals surface area contributed by atoms with Crippen LogP contribution in [0.3, 0.4) is 0 Å². The molecule has 0 bridgehead atoms. The monoisotopic (exact) mass is 264 g/mol. The standard InChI is InChI=1S/C12H28N2S2/c1-13(9-11-15)7-5-3-4-6-8-14(2)10-12-16/h15-16H,3-12H2,1-2H3. The summed E-state index contributed by atoms with van der Waals surface area (Å²) >= 11 is 8.45. The Balaban J connectivity index is 3.15. The van der Waals surface area contributed by atoms with Crippen molar-refractivity contribution in [2.24, 2.45) is 0 Å². The maximum Gasteiger partial charge on any atom is 0.00668 e. The Hall–Kier alpha value is 0.620. The van der Waals surface area contributed by atoms with Crippen LogP contribution in [0.15, 0.2) is 0 Å². The van der Waals surface area contributed by atoms with Crippen molar-refractivity contribution in [1.29, 1.82) is 0 Å². The highest BCUT2D eigenvalue weighted by molar-refractivity contribution is 7.80. The molecule has 0 N–H and O–H groups in total. The van der Waals surface area contributed by atoms with Crippen molar-refractivity contribution < 1.29 is 0 Å². The van der Waals surface area contributed by atoms with Crippen LogP contribution >= 0.6 is 25.3 Å². The second-order valence-electron chi connectivity index (χ2n) is 4.47. The van der Waals surface area contributed by atoms with E-state index in [2.05, 4.69) is 49.2 Å². The average molecular weight is 265 g/mol. The Morgan fingerprint density at radius 1 is 0.625 bits per heavy atom. The molecule has 0 saturated carbocycles. The number of rotatable bonds is 11. The molecule has 98 valence electrons. The Morgan fingerprint density at radius 2 is 1.00 bits per heavy atom. The molecule has 0 aliphatic rings. The third-order valence-corrected chi connectivity index (χ3v) is 3.19. The molecule has 0 heterocycles. The van der Waals surface area contributed by atoms with Crippen LogP contribution in [0.2, 0.25) is 0 Å². The lowest BCUT2D eigenvalue weighted by Crippen LogP contribution is -2.22. The lowest BCUT2D eigenvalue weighted by atomic mass is 10.2. The van der Waals surface area contributed by atoms with Crippen LogP contribution in [0, 0.1) is 0 Å². The van der Waals surface area contributed by atoms with E-state index < -0.39 is 0 Å². The molecule has 0 aliphatic heterocycles. The number of thiol groups is 2. The first-order valence-corrected chi connectivity index (χ1v) is 7.56. The zero-order chi connectivity index (χ0) is 12.2. The molecule has 0 aromatic heterocycles. The first-order chi connectivity index (χ1) is 7.70. The minimum absolute atomic E-state index is 0.963. The molecule has 0 radical (unpaired) electrons. The van der Waals surface area contributed by atoms with Gasteiger partial charge in [-0.25, -0.2) is 0 Å². The molecule has 0 unspecified atom stereocenters. The van der Waals surface area contributed by atoms with Gasteiger partial charge in [0.1, 0.15) is 0 Å². The van der Waals surface area contributed by atoms with E-state index in [4.69, 9.17) is 0 Å². The molecule has 0 aromatic rings. The predicted octanol–water partition coefficient (Wildman–Crippen LogP) is 2.27. The minimum Gasteiger partial charge on any atom is -0.306 e. The number of unbranched alkanes of at least 4 members (excludes halogenated alkanes) is 3. The van der Waals surface area contributed by atoms with Gasteiger partial charge in [-0.05, 0) is 40.0 Å². The van der Waals surface area contributed by atoms with E-state index in [0.717, 1.165) is 24.6 Å². The molecule has 16 heavy (non-hydrogen) atoms. The Bertz CT molecular complexity index is 129. The van der Waals surface area contributed by atoms with Crippen molar-refractivity contribution in [3.8, 4) is 0 Å². The van der Waals surface area contributed by atoms with E-state index in [1.165, 1.54) is 38.8 Å². The lowest BCUT2D eigenvalue weighted by molar-refractivity contribution is 0.327. The highest BCUT2D eigenvalue weighted by Crippen LogP contribution is 2.02. The van der Waals surface area contributed by atoms with E-state index in [1.54, 1.807) is 0 Å². The normalized spacial score (nSPS) is 11.6. The number of hydrogen-bond acceptors (Lipinski definition) is 4. The van der Waals surface area contributed by atoms with E-state index in [9.17, 15) is 0 Å². The fraction of sp³-hybridized carbons (Fsp3) is 1.00. The molecule has 0 atom stereocenters. The molecule has 0 saturated heterocycles. The topological polar surface area (TPSA) is 6.48 Å². The molecular formula is C12H28N2S2. The van der Waals surface area contributed by atoms with Crippen LogP contribution in [0.4, 0.5) is 0 Å².